The molecule has 0 radical (unpaired) electrons. The summed E-state index contributed by atoms with van der Waals surface area (Å²) in [7, 11) is 0. The topological polar surface area (TPSA) is 101 Å². The number of benzene rings is 1. The molecule has 0 aliphatic carbocycles. The first kappa shape index (κ1) is 22.3. The van der Waals surface area contributed by atoms with Crippen molar-refractivity contribution in [3.05, 3.63) is 65.6 Å². The molecule has 2 aromatic heterocycles. The highest BCUT2D eigenvalue weighted by Gasteiger charge is 2.29. The van der Waals surface area contributed by atoms with Gasteiger partial charge in [-0.1, -0.05) is 17.7 Å². The van der Waals surface area contributed by atoms with Gasteiger partial charge in [0.05, 0.1) is 0 Å². The summed E-state index contributed by atoms with van der Waals surface area (Å²) < 4.78 is 5.80. The maximum Gasteiger partial charge on any atom is 0.263 e. The highest BCUT2D eigenvalue weighted by molar-refractivity contribution is 6.30. The van der Waals surface area contributed by atoms with Crippen LogP contribution in [0.3, 0.4) is 0 Å². The van der Waals surface area contributed by atoms with Gasteiger partial charge in [-0.25, -0.2) is 15.0 Å². The number of rotatable bonds is 9. The van der Waals surface area contributed by atoms with Gasteiger partial charge in [0, 0.05) is 30.4 Å². The smallest absolute Gasteiger partial charge is 0.263 e. The molecule has 8 nitrogen and oxygen atoms in total. The lowest BCUT2D eigenvalue weighted by Crippen LogP contribution is -2.47. The predicted octanol–water partition coefficient (Wildman–Crippen LogP) is 3.96. The van der Waals surface area contributed by atoms with Gasteiger partial charge >= 0.3 is 0 Å². The van der Waals surface area contributed by atoms with Gasteiger partial charge in [-0.2, -0.15) is 0 Å². The quantitative estimate of drug-likeness (QED) is 0.433. The third kappa shape index (κ3) is 6.82. The number of carbonyl (C=O) groups is 1. The Labute approximate surface area is 186 Å². The van der Waals surface area contributed by atoms with Crippen molar-refractivity contribution >= 4 is 35.0 Å². The lowest BCUT2D eigenvalue weighted by Gasteiger charge is -2.25. The molecule has 0 aliphatic rings. The molecule has 9 heteroatoms. The average Bonchev–Trinajstić information content (AvgIpc) is 2.73. The van der Waals surface area contributed by atoms with E-state index in [4.69, 9.17) is 16.3 Å². The van der Waals surface area contributed by atoms with E-state index in [1.54, 1.807) is 50.4 Å². The highest BCUT2D eigenvalue weighted by atomic mass is 35.5. The molecule has 162 valence electrons. The van der Waals surface area contributed by atoms with Crippen LogP contribution in [0.2, 0.25) is 5.02 Å². The summed E-state index contributed by atoms with van der Waals surface area (Å²) >= 11 is 5.88. The summed E-state index contributed by atoms with van der Waals surface area (Å²) in [6, 6.07) is 14.3. The molecule has 1 aromatic carbocycles. The molecule has 0 spiro atoms. The molecule has 3 rings (SSSR count). The van der Waals surface area contributed by atoms with E-state index in [-0.39, 0.29) is 5.91 Å². The van der Waals surface area contributed by atoms with Gasteiger partial charge in [0.2, 0.25) is 0 Å². The van der Waals surface area contributed by atoms with Crippen LogP contribution >= 0.6 is 11.6 Å². The van der Waals surface area contributed by atoms with Crippen molar-refractivity contribution in [3.63, 3.8) is 0 Å². The van der Waals surface area contributed by atoms with Crippen molar-refractivity contribution in [2.24, 2.45) is 0 Å². The standard InChI is InChI=1S/C22H25ClN6O2/c1-15-27-19(14-20(28-15)29-18-6-4-5-11-24-18)25-12-13-26-21(30)22(2,3)31-17-9-7-16(23)8-10-17/h4-11,14H,12-13H2,1-3H3,(H,26,30)(H2,24,25,27,28,29). The first-order valence-corrected chi connectivity index (χ1v) is 10.2. The monoisotopic (exact) mass is 440 g/mol. The number of nitrogens with one attached hydrogen (secondary N) is 3. The molecule has 0 saturated heterocycles. The van der Waals surface area contributed by atoms with Crippen molar-refractivity contribution in [1.82, 2.24) is 20.3 Å². The number of pyridine rings is 1. The first-order chi connectivity index (χ1) is 14.8. The summed E-state index contributed by atoms with van der Waals surface area (Å²) in [5.41, 5.74) is -1.03. The molecule has 2 heterocycles. The van der Waals surface area contributed by atoms with Gasteiger partial charge in [0.15, 0.2) is 5.60 Å². The molecular formula is C22H25ClN6O2. The van der Waals surface area contributed by atoms with E-state index < -0.39 is 5.60 Å². The third-order valence-electron chi connectivity index (χ3n) is 4.21. The van der Waals surface area contributed by atoms with Gasteiger partial charge in [-0.15, -0.1) is 0 Å². The van der Waals surface area contributed by atoms with E-state index in [1.807, 2.05) is 25.1 Å². The van der Waals surface area contributed by atoms with Gasteiger partial charge in [-0.3, -0.25) is 4.79 Å². The van der Waals surface area contributed by atoms with Crippen LogP contribution in [0.5, 0.6) is 5.75 Å². The van der Waals surface area contributed by atoms with Crippen molar-refractivity contribution in [2.75, 3.05) is 23.7 Å². The summed E-state index contributed by atoms with van der Waals surface area (Å²) in [4.78, 5) is 25.5. The van der Waals surface area contributed by atoms with Crippen molar-refractivity contribution in [1.29, 1.82) is 0 Å². The minimum atomic E-state index is -1.03. The number of aromatic nitrogens is 3. The molecule has 0 unspecified atom stereocenters. The number of nitrogens with zero attached hydrogens (tertiary/aromatic N) is 3. The maximum atomic E-state index is 12.5. The van der Waals surface area contributed by atoms with E-state index in [9.17, 15) is 4.79 Å². The molecule has 0 aliphatic heterocycles. The van der Waals surface area contributed by atoms with Gasteiger partial charge in [0.25, 0.3) is 5.91 Å². The van der Waals surface area contributed by atoms with Crippen LogP contribution in [0.25, 0.3) is 0 Å². The Morgan fingerprint density at radius 2 is 1.77 bits per heavy atom. The normalized spacial score (nSPS) is 11.0. The summed E-state index contributed by atoms with van der Waals surface area (Å²) in [5, 5.41) is 9.82. The number of hydrogen-bond donors (Lipinski definition) is 3. The lowest BCUT2D eigenvalue weighted by molar-refractivity contribution is -0.134. The minimum absolute atomic E-state index is 0.222. The Balaban J connectivity index is 1.49. The maximum absolute atomic E-state index is 12.5. The molecule has 0 atom stereocenters. The van der Waals surface area contributed by atoms with Gasteiger partial charge < -0.3 is 20.7 Å². The predicted molar refractivity (Wildman–Crippen MR) is 122 cm³/mol. The fourth-order valence-electron chi connectivity index (χ4n) is 2.71. The number of ether oxygens (including phenoxy) is 1. The first-order valence-electron chi connectivity index (χ1n) is 9.82. The molecule has 1 amide bonds. The van der Waals surface area contributed by atoms with Crippen LogP contribution in [0.1, 0.15) is 19.7 Å². The van der Waals surface area contributed by atoms with E-state index in [1.165, 1.54) is 0 Å². The summed E-state index contributed by atoms with van der Waals surface area (Å²) in [6.07, 6.45) is 1.70. The number of hydrogen-bond acceptors (Lipinski definition) is 7. The molecule has 0 saturated carbocycles. The summed E-state index contributed by atoms with van der Waals surface area (Å²) in [6.45, 7) is 6.13. The van der Waals surface area contributed by atoms with Crippen molar-refractivity contribution < 1.29 is 9.53 Å². The highest BCUT2D eigenvalue weighted by Crippen LogP contribution is 2.21. The summed E-state index contributed by atoms with van der Waals surface area (Å²) in [5.74, 6) is 2.95. The minimum Gasteiger partial charge on any atom is -0.478 e. The Morgan fingerprint density at radius 1 is 1.03 bits per heavy atom. The number of amides is 1. The fourth-order valence-corrected chi connectivity index (χ4v) is 2.84. The molecular weight excluding hydrogens is 416 g/mol. The van der Waals surface area contributed by atoms with E-state index in [0.717, 1.165) is 0 Å². The van der Waals surface area contributed by atoms with Crippen molar-refractivity contribution in [3.8, 4) is 5.75 Å². The van der Waals surface area contributed by atoms with E-state index in [2.05, 4.69) is 30.9 Å². The van der Waals surface area contributed by atoms with Crippen LogP contribution in [-0.4, -0.2) is 39.5 Å². The molecule has 0 fully saturated rings. The third-order valence-corrected chi connectivity index (χ3v) is 4.46. The van der Waals surface area contributed by atoms with Gasteiger partial charge in [-0.05, 0) is 57.2 Å². The zero-order valence-corrected chi connectivity index (χ0v) is 18.4. The second-order valence-electron chi connectivity index (χ2n) is 7.27. The zero-order chi connectivity index (χ0) is 22.3. The number of anilines is 3. The molecule has 0 bridgehead atoms. The van der Waals surface area contributed by atoms with E-state index >= 15 is 0 Å². The zero-order valence-electron chi connectivity index (χ0n) is 17.6. The van der Waals surface area contributed by atoms with Crippen LogP contribution in [0.15, 0.2) is 54.7 Å². The Morgan fingerprint density at radius 3 is 2.48 bits per heavy atom. The Hall–Kier alpha value is -3.39. The Kier molecular flexibility index (Phi) is 7.25. The second kappa shape index (κ2) is 10.1. The van der Waals surface area contributed by atoms with E-state index in [0.29, 0.717) is 47.1 Å². The Bertz CT molecular complexity index is 1010. The molecule has 3 aromatic rings. The van der Waals surface area contributed by atoms with Crippen LogP contribution < -0.4 is 20.7 Å². The SMILES string of the molecule is Cc1nc(NCCNC(=O)C(C)(C)Oc2ccc(Cl)cc2)cc(Nc2ccccn2)n1. The second-order valence-corrected chi connectivity index (χ2v) is 7.71. The average molecular weight is 441 g/mol. The number of aryl methyl sites for hydroxylation is 1. The van der Waals surface area contributed by atoms with Crippen LogP contribution in [0.4, 0.5) is 17.5 Å². The lowest BCUT2D eigenvalue weighted by atomic mass is 10.1. The van der Waals surface area contributed by atoms with Crippen LogP contribution in [-0.2, 0) is 4.79 Å². The fraction of sp³-hybridized carbons (Fsp3) is 0.273. The molecule has 31 heavy (non-hydrogen) atoms. The largest absolute Gasteiger partial charge is 0.478 e. The number of halogens is 1. The van der Waals surface area contributed by atoms with Gasteiger partial charge in [0.1, 0.15) is 29.0 Å². The molecule has 3 N–H and O–H groups in total. The number of carbonyl (C=O) groups excluding carboxylic acids is 1. The van der Waals surface area contributed by atoms with Crippen LogP contribution in [0, 0.1) is 6.92 Å². The van der Waals surface area contributed by atoms with Crippen molar-refractivity contribution in [2.45, 2.75) is 26.4 Å².